The molecule has 0 saturated heterocycles. The topological polar surface area (TPSA) is 29.5 Å². The summed E-state index contributed by atoms with van der Waals surface area (Å²) in [7, 11) is 1.41. The van der Waals surface area contributed by atoms with Crippen LogP contribution < -0.4 is 4.90 Å². The smallest absolute Gasteiger partial charge is 0.418 e. The number of amides is 1. The minimum Gasteiger partial charge on any atom is -0.452 e. The van der Waals surface area contributed by atoms with Crippen LogP contribution in [0.3, 0.4) is 0 Å². The Balaban J connectivity index is 1.87. The minimum absolute atomic E-state index is 0.402. The molecule has 1 radical (unpaired) electrons. The van der Waals surface area contributed by atoms with E-state index >= 15 is 0 Å². The molecule has 3 aromatic rings. The average molecular weight is 328 g/mol. The molecule has 25 heavy (non-hydrogen) atoms. The van der Waals surface area contributed by atoms with E-state index < -0.39 is 6.09 Å². The zero-order chi connectivity index (χ0) is 17.4. The predicted octanol–water partition coefficient (Wildman–Crippen LogP) is 5.34. The largest absolute Gasteiger partial charge is 0.452 e. The molecule has 123 valence electrons. The van der Waals surface area contributed by atoms with Crippen molar-refractivity contribution in [2.24, 2.45) is 0 Å². The Labute approximate surface area is 147 Å². The molecule has 0 fully saturated rings. The van der Waals surface area contributed by atoms with Gasteiger partial charge in [-0.25, -0.2) is 9.69 Å². The Kier molecular flexibility index (Phi) is 3.77. The molecule has 0 saturated carbocycles. The SMILES string of the molecule is [CH2]c1ccc(N(C(=O)OC)c2cccc3c2Cc2ccccc2-3)cc1. The first-order chi connectivity index (χ1) is 12.2. The fourth-order valence-electron chi connectivity index (χ4n) is 3.43. The first-order valence-corrected chi connectivity index (χ1v) is 8.19. The molecule has 0 spiro atoms. The summed E-state index contributed by atoms with van der Waals surface area (Å²) in [6.07, 6.45) is 0.406. The van der Waals surface area contributed by atoms with Gasteiger partial charge in [-0.05, 0) is 52.9 Å². The minimum atomic E-state index is -0.402. The molecular formula is C22H18NO2. The van der Waals surface area contributed by atoms with Crippen molar-refractivity contribution >= 4 is 17.5 Å². The molecule has 3 nitrogen and oxygen atoms in total. The Morgan fingerprint density at radius 1 is 0.960 bits per heavy atom. The van der Waals surface area contributed by atoms with Crippen molar-refractivity contribution in [3.8, 4) is 11.1 Å². The van der Waals surface area contributed by atoms with Crippen molar-refractivity contribution in [2.45, 2.75) is 6.42 Å². The third kappa shape index (κ3) is 2.58. The Morgan fingerprint density at radius 2 is 1.68 bits per heavy atom. The lowest BCUT2D eigenvalue weighted by molar-refractivity contribution is 0.181. The third-order valence-corrected chi connectivity index (χ3v) is 4.62. The highest BCUT2D eigenvalue weighted by Gasteiger charge is 2.27. The summed E-state index contributed by atoms with van der Waals surface area (Å²) in [5.74, 6) is 0. The molecule has 0 N–H and O–H groups in total. The molecule has 1 aliphatic carbocycles. The van der Waals surface area contributed by atoms with Gasteiger partial charge in [-0.3, -0.25) is 0 Å². The van der Waals surface area contributed by atoms with Gasteiger partial charge in [0.25, 0.3) is 0 Å². The van der Waals surface area contributed by atoms with E-state index in [2.05, 4.69) is 31.2 Å². The van der Waals surface area contributed by atoms with Crippen molar-refractivity contribution in [3.63, 3.8) is 0 Å². The number of carbonyl (C=O) groups excluding carboxylic acids is 1. The van der Waals surface area contributed by atoms with Crippen LogP contribution in [0, 0.1) is 6.92 Å². The van der Waals surface area contributed by atoms with Crippen LogP contribution in [0.2, 0.25) is 0 Å². The van der Waals surface area contributed by atoms with Crippen LogP contribution in [0.4, 0.5) is 16.2 Å². The molecule has 0 atom stereocenters. The maximum Gasteiger partial charge on any atom is 0.418 e. The Morgan fingerprint density at radius 3 is 2.44 bits per heavy atom. The number of hydrogen-bond donors (Lipinski definition) is 0. The summed E-state index contributed by atoms with van der Waals surface area (Å²) >= 11 is 0. The van der Waals surface area contributed by atoms with Crippen molar-refractivity contribution in [1.29, 1.82) is 0 Å². The second-order valence-electron chi connectivity index (χ2n) is 6.11. The second-order valence-corrected chi connectivity index (χ2v) is 6.11. The van der Waals surface area contributed by atoms with E-state index in [1.807, 2.05) is 42.5 Å². The van der Waals surface area contributed by atoms with E-state index in [1.54, 1.807) is 4.90 Å². The van der Waals surface area contributed by atoms with Gasteiger partial charge in [-0.15, -0.1) is 0 Å². The maximum atomic E-state index is 12.6. The maximum absolute atomic E-state index is 12.6. The lowest BCUT2D eigenvalue weighted by atomic mass is 10.0. The van der Waals surface area contributed by atoms with Crippen molar-refractivity contribution in [3.05, 3.63) is 90.3 Å². The fourth-order valence-corrected chi connectivity index (χ4v) is 3.43. The monoisotopic (exact) mass is 328 g/mol. The van der Waals surface area contributed by atoms with Crippen LogP contribution in [-0.2, 0) is 11.2 Å². The number of nitrogens with zero attached hydrogens (tertiary/aromatic N) is 1. The standard InChI is InChI=1S/C22H18NO2/c1-15-10-12-17(13-11-15)23(22(24)25-2)21-9-5-8-19-18-7-4-3-6-16(18)14-20(19)21/h3-13H,1,14H2,2H3. The number of rotatable bonds is 2. The summed E-state index contributed by atoms with van der Waals surface area (Å²) in [4.78, 5) is 14.2. The van der Waals surface area contributed by atoms with E-state index in [1.165, 1.54) is 23.8 Å². The van der Waals surface area contributed by atoms with E-state index in [-0.39, 0.29) is 0 Å². The number of fused-ring (bicyclic) bond motifs is 3. The van der Waals surface area contributed by atoms with Gasteiger partial charge >= 0.3 is 6.09 Å². The number of anilines is 2. The molecule has 0 heterocycles. The lowest BCUT2D eigenvalue weighted by Gasteiger charge is -2.24. The number of ether oxygens (including phenoxy) is 1. The highest BCUT2D eigenvalue weighted by molar-refractivity contribution is 5.99. The predicted molar refractivity (Wildman–Crippen MR) is 100 cm³/mol. The van der Waals surface area contributed by atoms with Gasteiger partial charge in [0.15, 0.2) is 0 Å². The summed E-state index contributed by atoms with van der Waals surface area (Å²) in [5.41, 5.74) is 7.36. The highest BCUT2D eigenvalue weighted by atomic mass is 16.5. The van der Waals surface area contributed by atoms with Crippen LogP contribution in [0.25, 0.3) is 11.1 Å². The molecular weight excluding hydrogens is 310 g/mol. The van der Waals surface area contributed by atoms with E-state index in [9.17, 15) is 4.79 Å². The lowest BCUT2D eigenvalue weighted by Crippen LogP contribution is -2.26. The number of benzene rings is 3. The fraction of sp³-hybridized carbons (Fsp3) is 0.0909. The molecule has 1 amide bonds. The van der Waals surface area contributed by atoms with Crippen LogP contribution in [0.15, 0.2) is 66.7 Å². The number of hydrogen-bond acceptors (Lipinski definition) is 2. The summed E-state index contributed by atoms with van der Waals surface area (Å²) in [6.45, 7) is 3.91. The molecule has 0 bridgehead atoms. The zero-order valence-electron chi connectivity index (χ0n) is 14.0. The van der Waals surface area contributed by atoms with Gasteiger partial charge in [0, 0.05) is 6.42 Å². The van der Waals surface area contributed by atoms with Crippen molar-refractivity contribution < 1.29 is 9.53 Å². The number of methoxy groups -OCH3 is 1. The highest BCUT2D eigenvalue weighted by Crippen LogP contribution is 2.43. The quantitative estimate of drug-likeness (QED) is 0.497. The molecule has 3 aromatic carbocycles. The van der Waals surface area contributed by atoms with Gasteiger partial charge in [0.2, 0.25) is 0 Å². The van der Waals surface area contributed by atoms with Crippen molar-refractivity contribution in [1.82, 2.24) is 0 Å². The third-order valence-electron chi connectivity index (χ3n) is 4.62. The van der Waals surface area contributed by atoms with E-state index in [0.29, 0.717) is 0 Å². The van der Waals surface area contributed by atoms with Crippen LogP contribution in [0.1, 0.15) is 16.7 Å². The normalized spacial score (nSPS) is 11.6. The van der Waals surface area contributed by atoms with Gasteiger partial charge in [-0.2, -0.15) is 0 Å². The summed E-state index contributed by atoms with van der Waals surface area (Å²) in [5, 5.41) is 0. The first kappa shape index (κ1) is 15.5. The van der Waals surface area contributed by atoms with Gasteiger partial charge in [0.1, 0.15) is 0 Å². The zero-order valence-corrected chi connectivity index (χ0v) is 14.0. The van der Waals surface area contributed by atoms with Crippen LogP contribution >= 0.6 is 0 Å². The molecule has 3 heteroatoms. The summed E-state index contributed by atoms with van der Waals surface area (Å²) in [6, 6.07) is 22.0. The molecule has 0 aromatic heterocycles. The average Bonchev–Trinajstić information content (AvgIpc) is 3.03. The van der Waals surface area contributed by atoms with E-state index in [0.717, 1.165) is 28.9 Å². The second kappa shape index (κ2) is 6.10. The summed E-state index contributed by atoms with van der Waals surface area (Å²) < 4.78 is 5.06. The molecule has 4 rings (SSSR count). The molecule has 1 aliphatic rings. The first-order valence-electron chi connectivity index (χ1n) is 8.19. The van der Waals surface area contributed by atoms with Gasteiger partial charge < -0.3 is 4.74 Å². The molecule has 0 unspecified atom stereocenters. The van der Waals surface area contributed by atoms with Gasteiger partial charge in [-0.1, -0.05) is 48.5 Å². The Bertz CT molecular complexity index is 944. The van der Waals surface area contributed by atoms with Crippen LogP contribution in [-0.4, -0.2) is 13.2 Å². The number of carbonyl (C=O) groups is 1. The van der Waals surface area contributed by atoms with Crippen LogP contribution in [0.5, 0.6) is 0 Å². The van der Waals surface area contributed by atoms with E-state index in [4.69, 9.17) is 4.74 Å². The van der Waals surface area contributed by atoms with Gasteiger partial charge in [0.05, 0.1) is 18.5 Å². The Hall–Kier alpha value is -3.07. The van der Waals surface area contributed by atoms with Crippen molar-refractivity contribution in [2.75, 3.05) is 12.0 Å². The molecule has 0 aliphatic heterocycles.